The van der Waals surface area contributed by atoms with Crippen LogP contribution in [0.4, 0.5) is 0 Å². The highest BCUT2D eigenvalue weighted by atomic mass is 16.5. The maximum absolute atomic E-state index is 12.3. The Morgan fingerprint density at radius 1 is 1.30 bits per heavy atom. The summed E-state index contributed by atoms with van der Waals surface area (Å²) in [6, 6.07) is 5.40. The van der Waals surface area contributed by atoms with Crippen molar-refractivity contribution in [3.8, 4) is 23.7 Å². The molecule has 27 heavy (non-hydrogen) atoms. The molecule has 1 aromatic rings. The number of hydroxylamine groups is 1. The summed E-state index contributed by atoms with van der Waals surface area (Å²) in [5.41, 5.74) is 7.35. The zero-order chi connectivity index (χ0) is 20.0. The fourth-order valence-electron chi connectivity index (χ4n) is 2.43. The molecule has 2 amide bonds. The number of rotatable bonds is 5. The number of aliphatic hydroxyl groups is 1. The molecule has 1 saturated carbocycles. The van der Waals surface area contributed by atoms with Gasteiger partial charge in [-0.25, -0.2) is 5.48 Å². The lowest BCUT2D eigenvalue weighted by atomic mass is 9.95. The Balaban J connectivity index is 2.00. The van der Waals surface area contributed by atoms with Crippen LogP contribution in [0.15, 0.2) is 24.3 Å². The molecular weight excluding hydrogens is 346 g/mol. The van der Waals surface area contributed by atoms with E-state index in [2.05, 4.69) is 29.0 Å². The van der Waals surface area contributed by atoms with E-state index >= 15 is 0 Å². The quantitative estimate of drug-likeness (QED) is 0.284. The van der Waals surface area contributed by atoms with Crippen molar-refractivity contribution in [1.82, 2.24) is 10.8 Å². The number of benzene rings is 1. The number of nitrogens with two attached hydrogens (primary N) is 1. The van der Waals surface area contributed by atoms with Gasteiger partial charge in [-0.1, -0.05) is 11.8 Å². The Morgan fingerprint density at radius 2 is 1.96 bits per heavy atom. The molecule has 1 unspecified atom stereocenters. The minimum absolute atomic E-state index is 0.165. The number of hydrogen-bond donors (Lipinski definition) is 5. The molecule has 7 nitrogen and oxygen atoms in total. The maximum Gasteiger partial charge on any atom is 0.267 e. The molecule has 7 heteroatoms. The van der Waals surface area contributed by atoms with Crippen LogP contribution in [-0.4, -0.2) is 40.3 Å². The molecule has 1 fully saturated rings. The highest BCUT2D eigenvalue weighted by Crippen LogP contribution is 2.36. The fraction of sp³-hybridized carbons (Fsp3) is 0.400. The number of carbonyl (C=O) groups excluding carboxylic acids is 2. The minimum atomic E-state index is -1.10. The Bertz CT molecular complexity index is 819. The summed E-state index contributed by atoms with van der Waals surface area (Å²) in [4.78, 5) is 24.0. The molecule has 142 valence electrons. The van der Waals surface area contributed by atoms with Crippen molar-refractivity contribution in [2.75, 3.05) is 6.61 Å². The van der Waals surface area contributed by atoms with Crippen LogP contribution in [0, 0.1) is 35.5 Å². The summed E-state index contributed by atoms with van der Waals surface area (Å²) >= 11 is 0. The van der Waals surface area contributed by atoms with Crippen LogP contribution < -0.4 is 16.5 Å². The highest BCUT2D eigenvalue weighted by molar-refractivity contribution is 5.97. The Kier molecular flexibility index (Phi) is 6.59. The van der Waals surface area contributed by atoms with Crippen molar-refractivity contribution in [2.45, 2.75) is 31.8 Å². The van der Waals surface area contributed by atoms with E-state index in [9.17, 15) is 9.59 Å². The topological polar surface area (TPSA) is 125 Å². The lowest BCUT2D eigenvalue weighted by Crippen LogP contribution is -2.61. The maximum atomic E-state index is 12.3. The Hall–Kier alpha value is -2.84. The van der Waals surface area contributed by atoms with Gasteiger partial charge in [0.15, 0.2) is 0 Å². The Morgan fingerprint density at radius 3 is 2.48 bits per heavy atom. The van der Waals surface area contributed by atoms with Crippen molar-refractivity contribution in [1.29, 1.82) is 0 Å². The smallest absolute Gasteiger partial charge is 0.267 e. The van der Waals surface area contributed by atoms with Crippen molar-refractivity contribution in [3.05, 3.63) is 35.4 Å². The average Bonchev–Trinajstić information content (AvgIpc) is 3.40. The summed E-state index contributed by atoms with van der Waals surface area (Å²) in [5.74, 6) is 10.6. The summed E-state index contributed by atoms with van der Waals surface area (Å²) < 4.78 is 0. The third kappa shape index (κ3) is 5.83. The van der Waals surface area contributed by atoms with Crippen LogP contribution in [0.2, 0.25) is 0 Å². The van der Waals surface area contributed by atoms with Crippen LogP contribution >= 0.6 is 0 Å². The third-order valence-corrected chi connectivity index (χ3v) is 4.22. The van der Waals surface area contributed by atoms with Crippen LogP contribution in [0.1, 0.15) is 36.2 Å². The number of hydrogen-bond acceptors (Lipinski definition) is 5. The van der Waals surface area contributed by atoms with Crippen molar-refractivity contribution >= 4 is 11.8 Å². The SMILES string of the molecule is CC(C)(N)C(NC(=O)c1ccc(C#CC#C[C@@H]2C[C@H]2CO)cc1)C(=O)NO. The third-order valence-electron chi connectivity index (χ3n) is 4.22. The first-order valence-corrected chi connectivity index (χ1v) is 8.52. The number of nitrogens with one attached hydrogen (secondary N) is 2. The van der Waals surface area contributed by atoms with Crippen molar-refractivity contribution < 1.29 is 19.9 Å². The van der Waals surface area contributed by atoms with Gasteiger partial charge in [0.2, 0.25) is 0 Å². The fourth-order valence-corrected chi connectivity index (χ4v) is 2.43. The molecule has 1 aliphatic carbocycles. The number of aliphatic hydroxyl groups excluding tert-OH is 1. The van der Waals surface area contributed by atoms with Gasteiger partial charge in [-0.15, -0.1) is 0 Å². The van der Waals surface area contributed by atoms with Gasteiger partial charge in [0.05, 0.1) is 0 Å². The Labute approximate surface area is 158 Å². The molecule has 0 aromatic heterocycles. The molecule has 3 atom stereocenters. The van der Waals surface area contributed by atoms with Crippen molar-refractivity contribution in [3.63, 3.8) is 0 Å². The van der Waals surface area contributed by atoms with E-state index < -0.39 is 23.4 Å². The summed E-state index contributed by atoms with van der Waals surface area (Å²) in [7, 11) is 0. The van der Waals surface area contributed by atoms with E-state index in [-0.39, 0.29) is 18.4 Å². The zero-order valence-corrected chi connectivity index (χ0v) is 15.2. The molecule has 6 N–H and O–H groups in total. The molecule has 0 radical (unpaired) electrons. The van der Waals surface area contributed by atoms with Gasteiger partial charge in [-0.2, -0.15) is 0 Å². The van der Waals surface area contributed by atoms with E-state index in [1.54, 1.807) is 38.1 Å². The van der Waals surface area contributed by atoms with E-state index in [0.717, 1.165) is 6.42 Å². The van der Waals surface area contributed by atoms with Crippen molar-refractivity contribution in [2.24, 2.45) is 17.6 Å². The zero-order valence-electron chi connectivity index (χ0n) is 15.2. The highest BCUT2D eigenvalue weighted by Gasteiger charge is 2.34. The van der Waals surface area contributed by atoms with E-state index in [4.69, 9.17) is 16.0 Å². The van der Waals surface area contributed by atoms with Gasteiger partial charge in [0.1, 0.15) is 6.04 Å². The van der Waals surface area contributed by atoms with Gasteiger partial charge in [-0.05, 0) is 62.3 Å². The van der Waals surface area contributed by atoms with Gasteiger partial charge in [0.25, 0.3) is 11.8 Å². The van der Waals surface area contributed by atoms with Gasteiger partial charge < -0.3 is 16.2 Å². The van der Waals surface area contributed by atoms with Gasteiger partial charge in [-0.3, -0.25) is 14.8 Å². The normalized spacial score (nSPS) is 18.9. The van der Waals surface area contributed by atoms with Crippen LogP contribution in [0.25, 0.3) is 0 Å². The second kappa shape index (κ2) is 8.70. The lowest BCUT2D eigenvalue weighted by molar-refractivity contribution is -0.132. The molecule has 0 bridgehead atoms. The first kappa shape index (κ1) is 20.5. The largest absolute Gasteiger partial charge is 0.396 e. The summed E-state index contributed by atoms with van der Waals surface area (Å²) in [6.07, 6.45) is 0.921. The predicted molar refractivity (Wildman–Crippen MR) is 99.2 cm³/mol. The molecule has 0 heterocycles. The van der Waals surface area contributed by atoms with Crippen LogP contribution in [0.3, 0.4) is 0 Å². The monoisotopic (exact) mass is 369 g/mol. The second-order valence-corrected chi connectivity index (χ2v) is 7.09. The standard InChI is InChI=1S/C20H23N3O4/c1-20(2,21)17(19(26)23-27)22-18(25)14-9-7-13(8-10-14)5-3-4-6-15-11-16(15)12-24/h7-10,15-17,24,27H,11-12,21H2,1-2H3,(H,22,25)(H,23,26)/t15-,16+,17?/m1/s1. The van der Waals surface area contributed by atoms with E-state index in [1.807, 2.05) is 0 Å². The van der Waals surface area contributed by atoms with Crippen LogP contribution in [0.5, 0.6) is 0 Å². The van der Waals surface area contributed by atoms with E-state index in [0.29, 0.717) is 11.1 Å². The first-order valence-electron chi connectivity index (χ1n) is 8.52. The predicted octanol–water partition coefficient (Wildman–Crippen LogP) is 0.0110. The molecule has 1 aliphatic rings. The lowest BCUT2D eigenvalue weighted by Gasteiger charge is -2.29. The van der Waals surface area contributed by atoms with E-state index in [1.165, 1.54) is 5.48 Å². The molecule has 0 saturated heterocycles. The second-order valence-electron chi connectivity index (χ2n) is 7.09. The van der Waals surface area contributed by atoms with Gasteiger partial charge in [0, 0.05) is 29.2 Å². The molecule has 0 aliphatic heterocycles. The summed E-state index contributed by atoms with van der Waals surface area (Å²) in [6.45, 7) is 3.30. The number of carbonyl (C=O) groups is 2. The summed E-state index contributed by atoms with van der Waals surface area (Å²) in [5, 5.41) is 20.3. The molecule has 1 aromatic carbocycles. The molecule has 0 spiro atoms. The average molecular weight is 369 g/mol. The minimum Gasteiger partial charge on any atom is -0.396 e. The number of amides is 2. The first-order chi connectivity index (χ1) is 12.8. The molecular formula is C20H23N3O4. The van der Waals surface area contributed by atoms with Gasteiger partial charge >= 0.3 is 0 Å². The molecule has 2 rings (SSSR count). The van der Waals surface area contributed by atoms with Crippen LogP contribution in [-0.2, 0) is 4.79 Å².